The lowest BCUT2D eigenvalue weighted by molar-refractivity contribution is 0.626. The second-order valence-electron chi connectivity index (χ2n) is 3.32. The van der Waals surface area contributed by atoms with Gasteiger partial charge in [-0.3, -0.25) is 4.98 Å². The van der Waals surface area contributed by atoms with E-state index in [-0.39, 0.29) is 10.4 Å². The van der Waals surface area contributed by atoms with Crippen molar-refractivity contribution < 1.29 is 4.42 Å². The third-order valence-corrected chi connectivity index (χ3v) is 2.65. The standard InChI is InChI=1S/C11H5Cl2N3O/c12-10-9-7(15-11(13)16-10)5-8(17-9)6-3-1-2-4-14-6/h1-5H. The Hall–Kier alpha value is -1.65. The van der Waals surface area contributed by atoms with E-state index >= 15 is 0 Å². The Bertz CT molecular complexity index is 682. The van der Waals surface area contributed by atoms with Crippen molar-refractivity contribution in [2.45, 2.75) is 0 Å². The maximum absolute atomic E-state index is 5.91. The zero-order valence-corrected chi connectivity index (χ0v) is 9.90. The fourth-order valence-corrected chi connectivity index (χ4v) is 1.94. The fourth-order valence-electron chi connectivity index (χ4n) is 1.50. The van der Waals surface area contributed by atoms with Crippen LogP contribution in [0, 0.1) is 0 Å². The molecule has 0 saturated heterocycles. The Morgan fingerprint density at radius 3 is 2.76 bits per heavy atom. The van der Waals surface area contributed by atoms with Gasteiger partial charge in [0.25, 0.3) is 0 Å². The third kappa shape index (κ3) is 1.85. The Labute approximate surface area is 106 Å². The number of rotatable bonds is 1. The van der Waals surface area contributed by atoms with Gasteiger partial charge in [-0.25, -0.2) is 9.97 Å². The molecule has 3 heterocycles. The van der Waals surface area contributed by atoms with Crippen molar-refractivity contribution in [1.82, 2.24) is 15.0 Å². The summed E-state index contributed by atoms with van der Waals surface area (Å²) in [6.45, 7) is 0. The van der Waals surface area contributed by atoms with Crippen LogP contribution in [0.2, 0.25) is 10.4 Å². The van der Waals surface area contributed by atoms with E-state index in [1.807, 2.05) is 18.2 Å². The summed E-state index contributed by atoms with van der Waals surface area (Å²) in [7, 11) is 0. The number of hydrogen-bond donors (Lipinski definition) is 0. The molecule has 17 heavy (non-hydrogen) atoms. The summed E-state index contributed by atoms with van der Waals surface area (Å²) in [5.41, 5.74) is 1.69. The molecule has 0 atom stereocenters. The molecule has 0 amide bonds. The smallest absolute Gasteiger partial charge is 0.224 e. The number of pyridine rings is 1. The summed E-state index contributed by atoms with van der Waals surface area (Å²) in [5.74, 6) is 0.582. The first-order valence-corrected chi connectivity index (χ1v) is 5.53. The predicted molar refractivity (Wildman–Crippen MR) is 65.1 cm³/mol. The van der Waals surface area contributed by atoms with Gasteiger partial charge in [0.05, 0.1) is 0 Å². The molecule has 0 aliphatic rings. The van der Waals surface area contributed by atoms with E-state index in [4.69, 9.17) is 27.6 Å². The van der Waals surface area contributed by atoms with E-state index in [2.05, 4.69) is 15.0 Å². The van der Waals surface area contributed by atoms with E-state index < -0.39 is 0 Å². The lowest BCUT2D eigenvalue weighted by Gasteiger charge is -1.93. The highest BCUT2D eigenvalue weighted by atomic mass is 35.5. The van der Waals surface area contributed by atoms with Gasteiger partial charge in [-0.2, -0.15) is 0 Å². The van der Waals surface area contributed by atoms with E-state index in [1.165, 1.54) is 0 Å². The number of hydrogen-bond acceptors (Lipinski definition) is 4. The van der Waals surface area contributed by atoms with Crippen LogP contribution in [0.5, 0.6) is 0 Å². The lowest BCUT2D eigenvalue weighted by Crippen LogP contribution is -1.82. The van der Waals surface area contributed by atoms with E-state index in [0.29, 0.717) is 22.6 Å². The fraction of sp³-hybridized carbons (Fsp3) is 0. The van der Waals surface area contributed by atoms with Gasteiger partial charge in [0.2, 0.25) is 5.28 Å². The van der Waals surface area contributed by atoms with Gasteiger partial charge in [0.15, 0.2) is 16.5 Å². The number of halogens is 2. The molecule has 0 aliphatic carbocycles. The minimum Gasteiger partial charge on any atom is -0.449 e. The second kappa shape index (κ2) is 3.98. The number of fused-ring (bicyclic) bond motifs is 1. The molecule has 0 bridgehead atoms. The highest BCUT2D eigenvalue weighted by Gasteiger charge is 2.12. The third-order valence-electron chi connectivity index (χ3n) is 2.22. The van der Waals surface area contributed by atoms with Crippen molar-refractivity contribution >= 4 is 34.3 Å². The van der Waals surface area contributed by atoms with E-state index in [9.17, 15) is 0 Å². The molecule has 0 N–H and O–H groups in total. The highest BCUT2D eigenvalue weighted by molar-refractivity contribution is 6.35. The van der Waals surface area contributed by atoms with Gasteiger partial charge in [-0.1, -0.05) is 17.7 Å². The zero-order valence-electron chi connectivity index (χ0n) is 8.39. The van der Waals surface area contributed by atoms with E-state index in [0.717, 1.165) is 0 Å². The summed E-state index contributed by atoms with van der Waals surface area (Å²) in [6, 6.07) is 7.27. The van der Waals surface area contributed by atoms with Gasteiger partial charge in [0, 0.05) is 12.3 Å². The zero-order chi connectivity index (χ0) is 11.8. The van der Waals surface area contributed by atoms with E-state index in [1.54, 1.807) is 12.3 Å². The molecule has 6 heteroatoms. The molecule has 0 fully saturated rings. The second-order valence-corrected chi connectivity index (χ2v) is 4.02. The molecule has 3 rings (SSSR count). The molecule has 3 aromatic rings. The van der Waals surface area contributed by atoms with Crippen molar-refractivity contribution in [1.29, 1.82) is 0 Å². The predicted octanol–water partition coefficient (Wildman–Crippen LogP) is 3.59. The van der Waals surface area contributed by atoms with Gasteiger partial charge in [-0.15, -0.1) is 0 Å². The van der Waals surface area contributed by atoms with Crippen LogP contribution in [0.3, 0.4) is 0 Å². The molecule has 0 spiro atoms. The van der Waals surface area contributed by atoms with Gasteiger partial charge in [0.1, 0.15) is 11.2 Å². The molecular weight excluding hydrogens is 261 g/mol. The molecule has 0 aromatic carbocycles. The first-order valence-electron chi connectivity index (χ1n) is 4.78. The van der Waals surface area contributed by atoms with Crippen LogP contribution in [0.15, 0.2) is 34.9 Å². The van der Waals surface area contributed by atoms with Crippen LogP contribution in [0.1, 0.15) is 0 Å². The topological polar surface area (TPSA) is 51.8 Å². The number of aromatic nitrogens is 3. The van der Waals surface area contributed by atoms with Crippen LogP contribution in [0.25, 0.3) is 22.6 Å². The monoisotopic (exact) mass is 265 g/mol. The van der Waals surface area contributed by atoms with Crippen molar-refractivity contribution in [3.8, 4) is 11.5 Å². The molecule has 4 nitrogen and oxygen atoms in total. The summed E-state index contributed by atoms with van der Waals surface area (Å²) >= 11 is 11.6. The summed E-state index contributed by atoms with van der Waals surface area (Å²) in [6.07, 6.45) is 1.68. The van der Waals surface area contributed by atoms with Crippen LogP contribution >= 0.6 is 23.2 Å². The van der Waals surface area contributed by atoms with Crippen molar-refractivity contribution in [3.05, 3.63) is 40.9 Å². The maximum atomic E-state index is 5.91. The lowest BCUT2D eigenvalue weighted by atomic mass is 10.3. The van der Waals surface area contributed by atoms with Crippen LogP contribution in [0.4, 0.5) is 0 Å². The largest absolute Gasteiger partial charge is 0.449 e. The molecule has 0 saturated carbocycles. The molecule has 0 aliphatic heterocycles. The maximum Gasteiger partial charge on any atom is 0.224 e. The minimum absolute atomic E-state index is 0.0934. The average Bonchev–Trinajstić information content (AvgIpc) is 2.74. The summed E-state index contributed by atoms with van der Waals surface area (Å²) in [5, 5.41) is 0.290. The Balaban J connectivity index is 2.24. The van der Waals surface area contributed by atoms with Crippen LogP contribution < -0.4 is 0 Å². The molecule has 0 radical (unpaired) electrons. The Morgan fingerprint density at radius 2 is 2.00 bits per heavy atom. The minimum atomic E-state index is 0.0934. The Morgan fingerprint density at radius 1 is 1.12 bits per heavy atom. The summed E-state index contributed by atoms with van der Waals surface area (Å²) in [4.78, 5) is 12.0. The van der Waals surface area contributed by atoms with Crippen molar-refractivity contribution in [2.24, 2.45) is 0 Å². The van der Waals surface area contributed by atoms with Crippen molar-refractivity contribution in [3.63, 3.8) is 0 Å². The average molecular weight is 266 g/mol. The number of nitrogens with zero attached hydrogens (tertiary/aromatic N) is 3. The molecular formula is C11H5Cl2N3O. The quantitative estimate of drug-likeness (QED) is 0.499. The molecule has 84 valence electrons. The van der Waals surface area contributed by atoms with Crippen molar-refractivity contribution in [2.75, 3.05) is 0 Å². The van der Waals surface area contributed by atoms with Crippen LogP contribution in [-0.4, -0.2) is 15.0 Å². The van der Waals surface area contributed by atoms with Gasteiger partial charge >= 0.3 is 0 Å². The molecule has 3 aromatic heterocycles. The number of furan rings is 1. The molecule has 0 unspecified atom stereocenters. The summed E-state index contributed by atoms with van der Waals surface area (Å²) < 4.78 is 5.56. The van der Waals surface area contributed by atoms with Gasteiger partial charge in [-0.05, 0) is 23.7 Å². The van der Waals surface area contributed by atoms with Crippen LogP contribution in [-0.2, 0) is 0 Å². The highest BCUT2D eigenvalue weighted by Crippen LogP contribution is 2.29. The first-order chi connectivity index (χ1) is 8.24. The van der Waals surface area contributed by atoms with Gasteiger partial charge < -0.3 is 4.42 Å². The first kappa shape index (κ1) is 10.5. The SMILES string of the molecule is Clc1nc(Cl)c2oc(-c3ccccn3)cc2n1. The normalized spacial score (nSPS) is 10.9. The Kier molecular flexibility index (Phi) is 2.46.